The van der Waals surface area contributed by atoms with E-state index in [9.17, 15) is 4.79 Å². The predicted octanol–water partition coefficient (Wildman–Crippen LogP) is 5.68. The quantitative estimate of drug-likeness (QED) is 0.464. The highest BCUT2D eigenvalue weighted by Gasteiger charge is 2.05. The zero-order chi connectivity index (χ0) is 21.3. The van der Waals surface area contributed by atoms with Gasteiger partial charge in [-0.1, -0.05) is 29.8 Å². The van der Waals surface area contributed by atoms with Crippen molar-refractivity contribution in [2.45, 2.75) is 20.4 Å². The molecule has 0 bridgehead atoms. The third kappa shape index (κ3) is 6.42. The Balaban J connectivity index is 1.44. The van der Waals surface area contributed by atoms with E-state index in [0.717, 1.165) is 22.6 Å². The fourth-order valence-electron chi connectivity index (χ4n) is 2.76. The van der Waals surface area contributed by atoms with Gasteiger partial charge in [0.15, 0.2) is 6.61 Å². The van der Waals surface area contributed by atoms with Gasteiger partial charge in [0.25, 0.3) is 5.91 Å². The van der Waals surface area contributed by atoms with Gasteiger partial charge < -0.3 is 20.1 Å². The van der Waals surface area contributed by atoms with Gasteiger partial charge in [0.2, 0.25) is 0 Å². The Hall–Kier alpha value is -3.18. The Morgan fingerprint density at radius 3 is 2.20 bits per heavy atom. The number of carbonyl (C=O) groups is 1. The number of benzene rings is 3. The monoisotopic (exact) mass is 424 g/mol. The summed E-state index contributed by atoms with van der Waals surface area (Å²) >= 11 is 6.08. The first-order chi connectivity index (χ1) is 14.5. The molecule has 5 nitrogen and oxygen atoms in total. The lowest BCUT2D eigenvalue weighted by atomic mass is 10.2. The first kappa shape index (κ1) is 21.5. The minimum absolute atomic E-state index is 0.0741. The Bertz CT molecular complexity index is 973. The molecule has 0 spiro atoms. The van der Waals surface area contributed by atoms with Crippen molar-refractivity contribution in [1.29, 1.82) is 0 Å². The number of halogens is 1. The van der Waals surface area contributed by atoms with Crippen LogP contribution in [0, 0.1) is 6.92 Å². The normalized spacial score (nSPS) is 10.4. The number of hydrogen-bond acceptors (Lipinski definition) is 4. The third-order valence-corrected chi connectivity index (χ3v) is 4.82. The van der Waals surface area contributed by atoms with Crippen LogP contribution in [0.25, 0.3) is 0 Å². The summed E-state index contributed by atoms with van der Waals surface area (Å²) in [6.45, 7) is 5.14. The van der Waals surface area contributed by atoms with Crippen molar-refractivity contribution in [3.8, 4) is 11.5 Å². The first-order valence-corrected chi connectivity index (χ1v) is 10.2. The molecule has 0 aliphatic carbocycles. The molecule has 0 saturated heterocycles. The molecule has 3 aromatic rings. The molecule has 156 valence electrons. The molecule has 0 radical (unpaired) electrons. The molecule has 0 aliphatic heterocycles. The van der Waals surface area contributed by atoms with Gasteiger partial charge in [0.05, 0.1) is 6.61 Å². The summed E-state index contributed by atoms with van der Waals surface area (Å²) in [5.41, 5.74) is 3.74. The molecule has 0 fully saturated rings. The summed E-state index contributed by atoms with van der Waals surface area (Å²) < 4.78 is 11.0. The fraction of sp³-hybridized carbons (Fsp3) is 0.208. The summed E-state index contributed by atoms with van der Waals surface area (Å²) in [4.78, 5) is 12.1. The maximum Gasteiger partial charge on any atom is 0.262 e. The molecule has 1 amide bonds. The van der Waals surface area contributed by atoms with Crippen LogP contribution in [0.1, 0.15) is 18.1 Å². The summed E-state index contributed by atoms with van der Waals surface area (Å²) in [6.07, 6.45) is 0. The maximum atomic E-state index is 12.1. The Morgan fingerprint density at radius 1 is 0.900 bits per heavy atom. The minimum Gasteiger partial charge on any atom is -0.494 e. The predicted molar refractivity (Wildman–Crippen MR) is 122 cm³/mol. The summed E-state index contributed by atoms with van der Waals surface area (Å²) in [5, 5.41) is 6.75. The molecule has 0 aromatic heterocycles. The van der Waals surface area contributed by atoms with Gasteiger partial charge in [-0.25, -0.2) is 0 Å². The van der Waals surface area contributed by atoms with Gasteiger partial charge in [-0.15, -0.1) is 0 Å². The Labute approximate surface area is 182 Å². The average molecular weight is 425 g/mol. The van der Waals surface area contributed by atoms with Crippen molar-refractivity contribution >= 4 is 28.9 Å². The van der Waals surface area contributed by atoms with E-state index in [1.807, 2.05) is 74.5 Å². The van der Waals surface area contributed by atoms with E-state index >= 15 is 0 Å². The van der Waals surface area contributed by atoms with Crippen LogP contribution in [0.3, 0.4) is 0 Å². The van der Waals surface area contributed by atoms with Gasteiger partial charge in [0, 0.05) is 22.9 Å². The topological polar surface area (TPSA) is 59.6 Å². The lowest BCUT2D eigenvalue weighted by Crippen LogP contribution is -2.20. The number of nitrogens with one attached hydrogen (secondary N) is 2. The van der Waals surface area contributed by atoms with Crippen LogP contribution in [-0.2, 0) is 11.3 Å². The van der Waals surface area contributed by atoms with Crippen molar-refractivity contribution in [1.82, 2.24) is 0 Å². The second-order valence-electron chi connectivity index (χ2n) is 6.76. The molecule has 0 unspecified atom stereocenters. The molecule has 0 saturated carbocycles. The van der Waals surface area contributed by atoms with Gasteiger partial charge in [-0.3, -0.25) is 4.79 Å². The van der Waals surface area contributed by atoms with Crippen LogP contribution in [0.2, 0.25) is 5.02 Å². The van der Waals surface area contributed by atoms with Gasteiger partial charge >= 0.3 is 0 Å². The van der Waals surface area contributed by atoms with Gasteiger partial charge in [-0.2, -0.15) is 0 Å². The summed E-state index contributed by atoms with van der Waals surface area (Å²) in [7, 11) is 0. The smallest absolute Gasteiger partial charge is 0.262 e. The van der Waals surface area contributed by atoms with Gasteiger partial charge in [-0.05, 0) is 73.5 Å². The third-order valence-electron chi connectivity index (χ3n) is 4.41. The van der Waals surface area contributed by atoms with Crippen LogP contribution in [-0.4, -0.2) is 19.1 Å². The van der Waals surface area contributed by atoms with Crippen molar-refractivity contribution in [2.75, 3.05) is 23.8 Å². The number of ether oxygens (including phenoxy) is 2. The van der Waals surface area contributed by atoms with Crippen LogP contribution < -0.4 is 20.1 Å². The van der Waals surface area contributed by atoms with Crippen molar-refractivity contribution in [3.05, 3.63) is 82.9 Å². The van der Waals surface area contributed by atoms with Crippen LogP contribution in [0.4, 0.5) is 11.4 Å². The van der Waals surface area contributed by atoms with E-state index in [1.165, 1.54) is 0 Å². The zero-order valence-electron chi connectivity index (χ0n) is 17.1. The zero-order valence-corrected chi connectivity index (χ0v) is 17.8. The summed E-state index contributed by atoms with van der Waals surface area (Å²) in [5.74, 6) is 1.26. The van der Waals surface area contributed by atoms with E-state index in [1.54, 1.807) is 6.07 Å². The molecule has 6 heteroatoms. The second kappa shape index (κ2) is 10.6. The lowest BCUT2D eigenvalue weighted by Gasteiger charge is -2.10. The standard InChI is InChI=1S/C24H25ClN2O3/c1-3-29-21-12-8-19(9-13-21)26-15-18-5-10-22(11-6-18)30-16-24(28)27-20-7-4-17(2)23(25)14-20/h4-14,26H,3,15-16H2,1-2H3,(H,27,28). The molecule has 3 aromatic carbocycles. The van der Waals surface area contributed by atoms with Crippen LogP contribution in [0.5, 0.6) is 11.5 Å². The van der Waals surface area contributed by atoms with E-state index in [4.69, 9.17) is 21.1 Å². The van der Waals surface area contributed by atoms with Crippen LogP contribution >= 0.6 is 11.6 Å². The van der Waals surface area contributed by atoms with Crippen LogP contribution in [0.15, 0.2) is 66.7 Å². The average Bonchev–Trinajstić information content (AvgIpc) is 2.75. The van der Waals surface area contributed by atoms with Crippen molar-refractivity contribution in [2.24, 2.45) is 0 Å². The first-order valence-electron chi connectivity index (χ1n) is 9.78. The molecular formula is C24H25ClN2O3. The van der Waals surface area contributed by atoms with E-state index < -0.39 is 0 Å². The number of anilines is 2. The van der Waals surface area contributed by atoms with Gasteiger partial charge in [0.1, 0.15) is 11.5 Å². The minimum atomic E-state index is -0.240. The highest BCUT2D eigenvalue weighted by Crippen LogP contribution is 2.20. The second-order valence-corrected chi connectivity index (χ2v) is 7.16. The summed E-state index contributed by atoms with van der Waals surface area (Å²) in [6, 6.07) is 20.9. The maximum absolute atomic E-state index is 12.1. The Morgan fingerprint density at radius 2 is 1.53 bits per heavy atom. The van der Waals surface area contributed by atoms with E-state index in [0.29, 0.717) is 29.6 Å². The lowest BCUT2D eigenvalue weighted by molar-refractivity contribution is -0.118. The number of rotatable bonds is 9. The Kier molecular flexibility index (Phi) is 7.57. The van der Waals surface area contributed by atoms with Crippen molar-refractivity contribution in [3.63, 3.8) is 0 Å². The molecule has 2 N–H and O–H groups in total. The number of carbonyl (C=O) groups excluding carboxylic acids is 1. The number of aryl methyl sites for hydroxylation is 1. The largest absolute Gasteiger partial charge is 0.494 e. The highest BCUT2D eigenvalue weighted by molar-refractivity contribution is 6.31. The molecule has 0 heterocycles. The molecule has 30 heavy (non-hydrogen) atoms. The molecular weight excluding hydrogens is 400 g/mol. The van der Waals surface area contributed by atoms with E-state index in [2.05, 4.69) is 10.6 Å². The SMILES string of the molecule is CCOc1ccc(NCc2ccc(OCC(=O)Nc3ccc(C)c(Cl)c3)cc2)cc1. The van der Waals surface area contributed by atoms with Crippen molar-refractivity contribution < 1.29 is 14.3 Å². The molecule has 0 aliphatic rings. The molecule has 3 rings (SSSR count). The number of hydrogen-bond donors (Lipinski definition) is 2. The number of amides is 1. The molecule has 0 atom stereocenters. The fourth-order valence-corrected chi connectivity index (χ4v) is 2.94. The van der Waals surface area contributed by atoms with E-state index in [-0.39, 0.29) is 12.5 Å². The highest BCUT2D eigenvalue weighted by atomic mass is 35.5.